The minimum absolute atomic E-state index is 0.0495. The largest absolute Gasteiger partial charge is 0.352 e. The van der Waals surface area contributed by atoms with Gasteiger partial charge in [-0.25, -0.2) is 0 Å². The summed E-state index contributed by atoms with van der Waals surface area (Å²) in [6.45, 7) is 3.23. The predicted octanol–water partition coefficient (Wildman–Crippen LogP) is 3.11. The molecule has 4 bridgehead atoms. The van der Waals surface area contributed by atoms with Crippen molar-refractivity contribution in [2.24, 2.45) is 23.2 Å². The van der Waals surface area contributed by atoms with Crippen LogP contribution in [0.4, 0.5) is 0 Å². The Hall–Kier alpha value is -1.06. The fraction of sp³-hybridized carbons (Fsp3) is 0.900. The van der Waals surface area contributed by atoms with Gasteiger partial charge in [0.25, 0.3) is 0 Å². The van der Waals surface area contributed by atoms with Gasteiger partial charge in [0.05, 0.1) is 6.54 Å². The summed E-state index contributed by atoms with van der Waals surface area (Å²) in [6, 6.07) is 0.250. The van der Waals surface area contributed by atoms with E-state index in [1.807, 2.05) is 0 Å². The Bertz CT molecular complexity index is 480. The van der Waals surface area contributed by atoms with Crippen LogP contribution in [0.15, 0.2) is 0 Å². The van der Waals surface area contributed by atoms with Crippen molar-refractivity contribution in [2.45, 2.75) is 77.2 Å². The van der Waals surface area contributed by atoms with Gasteiger partial charge in [-0.2, -0.15) is 0 Å². The van der Waals surface area contributed by atoms with Gasteiger partial charge in [0.2, 0.25) is 11.8 Å². The summed E-state index contributed by atoms with van der Waals surface area (Å²) >= 11 is 0. The van der Waals surface area contributed by atoms with Gasteiger partial charge in [-0.15, -0.1) is 0 Å². The molecule has 4 aliphatic carbocycles. The minimum Gasteiger partial charge on any atom is -0.352 e. The Kier molecular flexibility index (Phi) is 4.34. The van der Waals surface area contributed by atoms with Crippen molar-refractivity contribution in [3.05, 3.63) is 0 Å². The molecule has 0 radical (unpaired) electrons. The number of hydrogen-bond donors (Lipinski definition) is 1. The molecule has 4 heteroatoms. The summed E-state index contributed by atoms with van der Waals surface area (Å²) in [6.07, 6.45) is 11.9. The van der Waals surface area contributed by atoms with E-state index in [4.69, 9.17) is 0 Å². The molecular formula is C20H32N2O2. The maximum Gasteiger partial charge on any atom is 0.239 e. The topological polar surface area (TPSA) is 49.4 Å². The van der Waals surface area contributed by atoms with E-state index >= 15 is 0 Å². The van der Waals surface area contributed by atoms with Gasteiger partial charge in [-0.05, 0) is 81.5 Å². The van der Waals surface area contributed by atoms with Crippen molar-refractivity contribution in [1.82, 2.24) is 10.2 Å². The van der Waals surface area contributed by atoms with Crippen LogP contribution in [0.1, 0.15) is 71.1 Å². The van der Waals surface area contributed by atoms with Crippen molar-refractivity contribution in [3.63, 3.8) is 0 Å². The molecule has 5 aliphatic rings. The molecule has 134 valence electrons. The Morgan fingerprint density at radius 2 is 1.75 bits per heavy atom. The molecule has 1 unspecified atom stereocenters. The molecule has 24 heavy (non-hydrogen) atoms. The first-order valence-electron chi connectivity index (χ1n) is 10.1. The molecule has 1 aliphatic heterocycles. The lowest BCUT2D eigenvalue weighted by atomic mass is 9.48. The van der Waals surface area contributed by atoms with Crippen molar-refractivity contribution < 1.29 is 9.59 Å². The Balaban J connectivity index is 1.36. The van der Waals surface area contributed by atoms with Crippen LogP contribution < -0.4 is 5.32 Å². The zero-order chi connectivity index (χ0) is 16.7. The molecule has 0 aromatic heterocycles. The second-order valence-electron chi connectivity index (χ2n) is 9.20. The van der Waals surface area contributed by atoms with Gasteiger partial charge < -0.3 is 10.2 Å². The zero-order valence-corrected chi connectivity index (χ0v) is 15.1. The number of likely N-dealkylation sites (tertiary alicyclic amines) is 1. The summed E-state index contributed by atoms with van der Waals surface area (Å²) in [5.41, 5.74) is 0.340. The second kappa shape index (κ2) is 6.34. The van der Waals surface area contributed by atoms with Gasteiger partial charge in [0, 0.05) is 19.0 Å². The molecule has 0 aromatic carbocycles. The molecule has 0 spiro atoms. The average Bonchev–Trinajstić information content (AvgIpc) is 2.71. The summed E-state index contributed by atoms with van der Waals surface area (Å²) in [5.74, 6) is 2.92. The maximum absolute atomic E-state index is 12.6. The quantitative estimate of drug-likeness (QED) is 0.860. The van der Waals surface area contributed by atoms with Gasteiger partial charge in [0.1, 0.15) is 0 Å². The van der Waals surface area contributed by atoms with E-state index in [1.54, 1.807) is 4.90 Å². The lowest BCUT2D eigenvalue weighted by molar-refractivity contribution is -0.137. The minimum atomic E-state index is 0.0495. The molecule has 5 rings (SSSR count). The van der Waals surface area contributed by atoms with E-state index in [-0.39, 0.29) is 24.4 Å². The molecule has 4 saturated carbocycles. The van der Waals surface area contributed by atoms with Crippen LogP contribution in [0.25, 0.3) is 0 Å². The fourth-order valence-electron chi connectivity index (χ4n) is 6.53. The molecule has 1 saturated heterocycles. The highest BCUT2D eigenvalue weighted by Crippen LogP contribution is 2.61. The van der Waals surface area contributed by atoms with E-state index in [2.05, 4.69) is 12.2 Å². The number of nitrogens with one attached hydrogen (secondary N) is 1. The van der Waals surface area contributed by atoms with Crippen LogP contribution in [0.3, 0.4) is 0 Å². The first-order chi connectivity index (χ1) is 11.5. The first kappa shape index (κ1) is 16.4. The Labute approximate surface area is 145 Å². The predicted molar refractivity (Wildman–Crippen MR) is 93.3 cm³/mol. The maximum atomic E-state index is 12.6. The van der Waals surface area contributed by atoms with Gasteiger partial charge in [-0.1, -0.05) is 6.42 Å². The molecular weight excluding hydrogens is 300 g/mol. The van der Waals surface area contributed by atoms with E-state index in [0.717, 1.165) is 43.6 Å². The van der Waals surface area contributed by atoms with Gasteiger partial charge >= 0.3 is 0 Å². The third kappa shape index (κ3) is 3.09. The first-order valence-corrected chi connectivity index (χ1v) is 10.1. The molecule has 1 atom stereocenters. The average molecular weight is 332 g/mol. The second-order valence-corrected chi connectivity index (χ2v) is 9.20. The SMILES string of the molecule is CC(NC(=O)CN1CCCCCC1=O)C12CC3CC(CC(C3)C1)C2. The molecule has 1 heterocycles. The number of nitrogens with zero attached hydrogens (tertiary/aromatic N) is 1. The number of rotatable bonds is 4. The molecule has 0 aromatic rings. The number of hydrogen-bond acceptors (Lipinski definition) is 2. The van der Waals surface area contributed by atoms with Gasteiger partial charge in [-0.3, -0.25) is 9.59 Å². The lowest BCUT2D eigenvalue weighted by Crippen LogP contribution is -2.56. The molecule has 5 fully saturated rings. The van der Waals surface area contributed by atoms with E-state index in [1.165, 1.54) is 38.5 Å². The monoisotopic (exact) mass is 332 g/mol. The van der Waals surface area contributed by atoms with Crippen molar-refractivity contribution in [3.8, 4) is 0 Å². The van der Waals surface area contributed by atoms with E-state index < -0.39 is 0 Å². The smallest absolute Gasteiger partial charge is 0.239 e. The summed E-state index contributed by atoms with van der Waals surface area (Å²) in [5, 5.41) is 3.29. The van der Waals surface area contributed by atoms with Crippen LogP contribution in [0.5, 0.6) is 0 Å². The van der Waals surface area contributed by atoms with E-state index in [0.29, 0.717) is 11.8 Å². The highest BCUT2D eigenvalue weighted by Gasteiger charge is 2.53. The normalized spacial score (nSPS) is 39.6. The lowest BCUT2D eigenvalue weighted by Gasteiger charge is -2.59. The van der Waals surface area contributed by atoms with Crippen LogP contribution >= 0.6 is 0 Å². The van der Waals surface area contributed by atoms with Gasteiger partial charge in [0.15, 0.2) is 0 Å². The highest BCUT2D eigenvalue weighted by atomic mass is 16.2. The molecule has 2 amide bonds. The molecule has 4 nitrogen and oxygen atoms in total. The third-order valence-electron chi connectivity index (χ3n) is 7.39. The highest BCUT2D eigenvalue weighted by molar-refractivity contribution is 5.85. The number of amides is 2. The van der Waals surface area contributed by atoms with Crippen molar-refractivity contribution >= 4 is 11.8 Å². The van der Waals surface area contributed by atoms with Crippen molar-refractivity contribution in [1.29, 1.82) is 0 Å². The summed E-state index contributed by atoms with van der Waals surface area (Å²) < 4.78 is 0. The van der Waals surface area contributed by atoms with Crippen LogP contribution in [-0.2, 0) is 9.59 Å². The standard InChI is InChI=1S/C20H32N2O2/c1-14(20-10-15-7-16(11-20)9-17(8-15)12-20)21-18(23)13-22-6-4-2-3-5-19(22)24/h14-17H,2-13H2,1H3,(H,21,23). The summed E-state index contributed by atoms with van der Waals surface area (Å²) in [7, 11) is 0. The van der Waals surface area contributed by atoms with Crippen LogP contribution in [0.2, 0.25) is 0 Å². The van der Waals surface area contributed by atoms with Crippen molar-refractivity contribution in [2.75, 3.05) is 13.1 Å². The fourth-order valence-corrected chi connectivity index (χ4v) is 6.53. The molecule has 1 N–H and O–H groups in total. The van der Waals surface area contributed by atoms with E-state index in [9.17, 15) is 9.59 Å². The number of carbonyl (C=O) groups is 2. The third-order valence-corrected chi connectivity index (χ3v) is 7.39. The van der Waals surface area contributed by atoms with Crippen LogP contribution in [-0.4, -0.2) is 35.8 Å². The van der Waals surface area contributed by atoms with Crippen LogP contribution in [0, 0.1) is 23.2 Å². The zero-order valence-electron chi connectivity index (χ0n) is 15.1. The Morgan fingerprint density at radius 3 is 2.38 bits per heavy atom. The number of carbonyl (C=O) groups excluding carboxylic acids is 2. The summed E-state index contributed by atoms with van der Waals surface area (Å²) in [4.78, 5) is 26.4. The Morgan fingerprint density at radius 1 is 1.12 bits per heavy atom.